The quantitative estimate of drug-likeness (QED) is 0.217. The minimum absolute atomic E-state index is 0. The van der Waals surface area contributed by atoms with Crippen molar-refractivity contribution < 1.29 is 47.8 Å². The van der Waals surface area contributed by atoms with Crippen molar-refractivity contribution in [2.75, 3.05) is 0 Å². The van der Waals surface area contributed by atoms with E-state index in [1.165, 1.54) is 44.5 Å². The minimum atomic E-state index is 0. The van der Waals surface area contributed by atoms with Gasteiger partial charge in [-0.05, 0) is 0 Å². The van der Waals surface area contributed by atoms with Crippen molar-refractivity contribution in [2.45, 2.75) is 13.1 Å². The van der Waals surface area contributed by atoms with Crippen molar-refractivity contribution in [3.8, 4) is 0 Å². The Balaban J connectivity index is 0.000000409. The molecule has 24 heavy (non-hydrogen) atoms. The van der Waals surface area contributed by atoms with E-state index in [0.29, 0.717) is 0 Å². The summed E-state index contributed by atoms with van der Waals surface area (Å²) in [7, 11) is 0. The smallest absolute Gasteiger partial charge is 0.0771 e. The molecule has 4 aromatic carbocycles. The van der Waals surface area contributed by atoms with Gasteiger partial charge in [0.1, 0.15) is 0 Å². The molecule has 0 aliphatic rings. The Kier molecular flexibility index (Phi) is 12.3. The van der Waals surface area contributed by atoms with E-state index in [2.05, 4.69) is 67.7 Å². The number of halogens is 2. The molecule has 0 fully saturated rings. The molecule has 0 atom stereocenters. The standard InChI is InChI=1S/C13H9.C5H5.C2H6Si.2ClH.Hf/c1-3-7-12-10(5-1)9-11-6-2-4-8-13(11)12;1-2-4-5-3-1;1-3-2;;;/h1-9H;1-5H;1-2H3;2*1H;/q2*-1;;;;+2/p-2. The predicted molar refractivity (Wildman–Crippen MR) is 96.6 cm³/mol. The fourth-order valence-electron chi connectivity index (χ4n) is 2.22. The van der Waals surface area contributed by atoms with Crippen molar-refractivity contribution in [3.05, 3.63) is 84.9 Å². The normalized spacial score (nSPS) is 8.83. The maximum absolute atomic E-state index is 2.33. The average Bonchev–Trinajstić information content (AvgIpc) is 3.18. The first-order valence-corrected chi connectivity index (χ1v) is 15.3. The molecule has 0 nitrogen and oxygen atoms in total. The molecule has 0 aliphatic heterocycles. The van der Waals surface area contributed by atoms with Crippen LogP contribution >= 0.6 is 0 Å². The first-order valence-electron chi connectivity index (χ1n) is 7.40. The van der Waals surface area contributed by atoms with Gasteiger partial charge in [-0.3, -0.25) is 0 Å². The molecular weight excluding hydrogens is 518 g/mol. The molecule has 0 heterocycles. The summed E-state index contributed by atoms with van der Waals surface area (Å²) in [5.74, 6) is 0. The largest absolute Gasteiger partial charge is 1.00 e. The number of hydrogen-bond acceptors (Lipinski definition) is 0. The van der Waals surface area contributed by atoms with E-state index >= 15 is 0 Å². The van der Waals surface area contributed by atoms with E-state index in [4.69, 9.17) is 0 Å². The van der Waals surface area contributed by atoms with E-state index in [-0.39, 0.29) is 30.3 Å². The van der Waals surface area contributed by atoms with Crippen LogP contribution in [0.2, 0.25) is 13.1 Å². The molecule has 4 rings (SSSR count). The first-order chi connectivity index (χ1) is 10.7. The minimum Gasteiger partial charge on any atom is -1.00 e. The Morgan fingerprint density at radius 3 is 1.42 bits per heavy atom. The molecule has 0 N–H and O–H groups in total. The van der Waals surface area contributed by atoms with Gasteiger partial charge in [0.25, 0.3) is 0 Å². The van der Waals surface area contributed by atoms with Gasteiger partial charge in [0, 0.05) is 0 Å². The Morgan fingerprint density at radius 2 is 1.08 bits per heavy atom. The van der Waals surface area contributed by atoms with Gasteiger partial charge in [-0.1, -0.05) is 36.4 Å². The molecule has 0 saturated carbocycles. The summed E-state index contributed by atoms with van der Waals surface area (Å²) in [6.07, 6.45) is 0. The number of rotatable bonds is 0. The maximum atomic E-state index is 2.33. The fraction of sp³-hybridized carbons (Fsp3) is 0.100. The van der Waals surface area contributed by atoms with Crippen LogP contribution in [0.5, 0.6) is 0 Å². The monoisotopic (exact) mass is 538 g/mol. The third kappa shape index (κ3) is 7.48. The summed E-state index contributed by atoms with van der Waals surface area (Å²) >= 11 is 1.45. The van der Waals surface area contributed by atoms with E-state index in [9.17, 15) is 0 Å². The summed E-state index contributed by atoms with van der Waals surface area (Å²) in [5, 5.41) is 5.39. The van der Waals surface area contributed by atoms with Crippen LogP contribution in [0.25, 0.3) is 21.5 Å². The summed E-state index contributed by atoms with van der Waals surface area (Å²) in [6, 6.07) is 29.3. The van der Waals surface area contributed by atoms with E-state index in [1.807, 2.05) is 30.3 Å². The Hall–Kier alpha value is -0.673. The van der Waals surface area contributed by atoms with Gasteiger partial charge < -0.3 is 24.8 Å². The molecule has 0 unspecified atom stereocenters. The van der Waals surface area contributed by atoms with Crippen molar-refractivity contribution >= 4 is 27.0 Å². The Morgan fingerprint density at radius 1 is 0.708 bits per heavy atom. The zero-order valence-corrected chi connectivity index (χ0v) is 19.9. The Bertz CT molecular complexity index is 764. The molecular formula is C20H20Cl2HfSi-2. The van der Waals surface area contributed by atoms with Gasteiger partial charge in [0.2, 0.25) is 0 Å². The van der Waals surface area contributed by atoms with Gasteiger partial charge in [0.15, 0.2) is 0 Å². The van der Waals surface area contributed by atoms with Crippen LogP contribution in [0.1, 0.15) is 0 Å². The molecule has 0 spiro atoms. The van der Waals surface area contributed by atoms with Crippen LogP contribution in [0.3, 0.4) is 0 Å². The van der Waals surface area contributed by atoms with E-state index in [1.54, 1.807) is 0 Å². The van der Waals surface area contributed by atoms with Gasteiger partial charge in [0.05, 0.1) is 0 Å². The maximum Gasteiger partial charge on any atom is -0.0771 e. The van der Waals surface area contributed by atoms with Crippen molar-refractivity contribution in [1.29, 1.82) is 0 Å². The van der Waals surface area contributed by atoms with Gasteiger partial charge in [-0.15, -0.1) is 39.7 Å². The van der Waals surface area contributed by atoms with Crippen LogP contribution in [-0.4, -0.2) is 5.49 Å². The molecule has 0 saturated heterocycles. The van der Waals surface area contributed by atoms with Crippen LogP contribution < -0.4 is 24.8 Å². The third-order valence-corrected chi connectivity index (χ3v) is 3.08. The molecule has 0 radical (unpaired) electrons. The average molecular weight is 538 g/mol. The Labute approximate surface area is 171 Å². The molecule has 0 amide bonds. The van der Waals surface area contributed by atoms with Gasteiger partial charge in [-0.2, -0.15) is 18.2 Å². The van der Waals surface area contributed by atoms with Gasteiger partial charge in [-0.25, -0.2) is 12.1 Å². The molecule has 124 valence electrons. The van der Waals surface area contributed by atoms with Crippen molar-refractivity contribution in [2.24, 2.45) is 0 Å². The SMILES string of the molecule is C[Si](C)=[Hf+2].[Cl-].[Cl-].c1cc[cH-]c1.c1ccc2c(c1)[cH-]c1ccccc12. The molecule has 4 heteroatoms. The number of hydrogen-bond donors (Lipinski definition) is 0. The van der Waals surface area contributed by atoms with E-state index < -0.39 is 0 Å². The number of fused-ring (bicyclic) bond motifs is 3. The fourth-order valence-corrected chi connectivity index (χ4v) is 2.22. The molecule has 0 aliphatic carbocycles. The summed E-state index contributed by atoms with van der Waals surface area (Å²) < 4.78 is 0. The summed E-state index contributed by atoms with van der Waals surface area (Å²) in [6.45, 7) is 4.66. The van der Waals surface area contributed by atoms with Crippen LogP contribution in [0, 0.1) is 0 Å². The second kappa shape index (κ2) is 12.7. The van der Waals surface area contributed by atoms with Gasteiger partial charge >= 0.3 is 41.6 Å². The molecule has 0 aromatic heterocycles. The van der Waals surface area contributed by atoms with Crippen molar-refractivity contribution in [1.82, 2.24) is 0 Å². The van der Waals surface area contributed by atoms with Crippen LogP contribution in [0.15, 0.2) is 84.9 Å². The molecule has 4 aromatic rings. The van der Waals surface area contributed by atoms with Crippen molar-refractivity contribution in [3.63, 3.8) is 0 Å². The second-order valence-electron chi connectivity index (χ2n) is 5.28. The summed E-state index contributed by atoms with van der Waals surface area (Å²) in [4.78, 5) is 0. The zero-order valence-electron chi connectivity index (χ0n) is 13.8. The topological polar surface area (TPSA) is 0 Å². The first kappa shape index (κ1) is 23.3. The number of benzene rings is 2. The van der Waals surface area contributed by atoms with Crippen LogP contribution in [0.4, 0.5) is 0 Å². The van der Waals surface area contributed by atoms with E-state index in [0.717, 1.165) is 0 Å². The van der Waals surface area contributed by atoms with Crippen LogP contribution in [-0.2, 0) is 23.0 Å². The third-order valence-electron chi connectivity index (χ3n) is 3.08. The predicted octanol–water partition coefficient (Wildman–Crippen LogP) is -0.0903. The second-order valence-corrected chi connectivity index (χ2v) is 18.1. The summed E-state index contributed by atoms with van der Waals surface area (Å²) in [5.41, 5.74) is 0.259. The molecule has 0 bridgehead atoms. The zero-order chi connectivity index (χ0) is 15.8.